The van der Waals surface area contributed by atoms with E-state index in [0.717, 1.165) is 5.69 Å². The third kappa shape index (κ3) is 4.28. The standard InChI is InChI=1S/C21H17ClN4O4/c22-14-5-7-15(8-6-14)26-17(18-3-1-11-29-18)13-16(25-26)20(27)23-9-10-24-21(28)19-4-2-12-30-19/h1-8,11-13H,9-10H2,(H,23,27)(H,24,28). The van der Waals surface area contributed by atoms with Gasteiger partial charge in [0.2, 0.25) is 0 Å². The van der Waals surface area contributed by atoms with Crippen LogP contribution in [0, 0.1) is 0 Å². The van der Waals surface area contributed by atoms with Gasteiger partial charge in [0, 0.05) is 24.2 Å². The van der Waals surface area contributed by atoms with E-state index in [4.69, 9.17) is 20.4 Å². The largest absolute Gasteiger partial charge is 0.463 e. The van der Waals surface area contributed by atoms with Crippen LogP contribution in [0.3, 0.4) is 0 Å². The third-order valence-corrected chi connectivity index (χ3v) is 4.48. The van der Waals surface area contributed by atoms with Gasteiger partial charge in [-0.2, -0.15) is 5.10 Å². The Bertz CT molecular complexity index is 1130. The number of rotatable bonds is 7. The van der Waals surface area contributed by atoms with Crippen molar-refractivity contribution in [2.24, 2.45) is 0 Å². The number of hydrogen-bond acceptors (Lipinski definition) is 5. The smallest absolute Gasteiger partial charge is 0.287 e. The molecule has 30 heavy (non-hydrogen) atoms. The number of halogens is 1. The average molecular weight is 425 g/mol. The summed E-state index contributed by atoms with van der Waals surface area (Å²) in [6, 6.07) is 15.5. The number of benzene rings is 1. The maximum Gasteiger partial charge on any atom is 0.287 e. The predicted molar refractivity (Wildman–Crippen MR) is 110 cm³/mol. The van der Waals surface area contributed by atoms with E-state index >= 15 is 0 Å². The van der Waals surface area contributed by atoms with Crippen LogP contribution in [0.15, 0.2) is 76.0 Å². The van der Waals surface area contributed by atoms with Gasteiger partial charge < -0.3 is 19.5 Å². The number of hydrogen-bond donors (Lipinski definition) is 2. The normalized spacial score (nSPS) is 10.7. The number of carbonyl (C=O) groups excluding carboxylic acids is 2. The first-order chi connectivity index (χ1) is 14.6. The minimum Gasteiger partial charge on any atom is -0.463 e. The van der Waals surface area contributed by atoms with Gasteiger partial charge in [0.25, 0.3) is 11.8 Å². The lowest BCUT2D eigenvalue weighted by Gasteiger charge is -2.06. The highest BCUT2D eigenvalue weighted by molar-refractivity contribution is 6.30. The Morgan fingerprint density at radius 3 is 2.30 bits per heavy atom. The fourth-order valence-electron chi connectivity index (χ4n) is 2.81. The molecule has 3 heterocycles. The second-order valence-electron chi connectivity index (χ2n) is 6.27. The summed E-state index contributed by atoms with van der Waals surface area (Å²) >= 11 is 5.97. The molecule has 0 atom stereocenters. The molecule has 0 bridgehead atoms. The molecular weight excluding hydrogens is 408 g/mol. The number of carbonyl (C=O) groups is 2. The highest BCUT2D eigenvalue weighted by Crippen LogP contribution is 2.25. The molecule has 0 aliphatic rings. The summed E-state index contributed by atoms with van der Waals surface area (Å²) in [4.78, 5) is 24.4. The molecule has 9 heteroatoms. The molecule has 4 aromatic rings. The maximum absolute atomic E-state index is 12.6. The van der Waals surface area contributed by atoms with Gasteiger partial charge in [-0.1, -0.05) is 11.6 Å². The van der Waals surface area contributed by atoms with E-state index in [0.29, 0.717) is 16.5 Å². The molecule has 2 amide bonds. The summed E-state index contributed by atoms with van der Waals surface area (Å²) in [6.45, 7) is 0.476. The first-order valence-electron chi connectivity index (χ1n) is 9.11. The maximum atomic E-state index is 12.6. The summed E-state index contributed by atoms with van der Waals surface area (Å²) in [5, 5.41) is 10.4. The number of furan rings is 2. The quantitative estimate of drug-likeness (QED) is 0.442. The number of nitrogens with one attached hydrogen (secondary N) is 2. The third-order valence-electron chi connectivity index (χ3n) is 4.23. The van der Waals surface area contributed by atoms with Crippen LogP contribution in [-0.4, -0.2) is 34.7 Å². The van der Waals surface area contributed by atoms with Gasteiger partial charge in [-0.3, -0.25) is 9.59 Å². The second-order valence-corrected chi connectivity index (χ2v) is 6.71. The zero-order valence-electron chi connectivity index (χ0n) is 15.7. The molecule has 0 saturated carbocycles. The molecule has 0 saturated heterocycles. The van der Waals surface area contributed by atoms with E-state index in [1.54, 1.807) is 65.5 Å². The molecule has 3 aromatic heterocycles. The van der Waals surface area contributed by atoms with Gasteiger partial charge in [-0.15, -0.1) is 0 Å². The van der Waals surface area contributed by atoms with Crippen LogP contribution in [0.4, 0.5) is 0 Å². The van der Waals surface area contributed by atoms with Crippen LogP contribution in [0.5, 0.6) is 0 Å². The van der Waals surface area contributed by atoms with Crippen molar-refractivity contribution in [3.63, 3.8) is 0 Å². The Morgan fingerprint density at radius 1 is 0.933 bits per heavy atom. The van der Waals surface area contributed by atoms with Gasteiger partial charge in [0.05, 0.1) is 18.2 Å². The lowest BCUT2D eigenvalue weighted by molar-refractivity contribution is 0.0909. The van der Waals surface area contributed by atoms with Gasteiger partial charge in [-0.05, 0) is 48.5 Å². The topological polar surface area (TPSA) is 102 Å². The Hall–Kier alpha value is -3.78. The SMILES string of the molecule is O=C(NCCNC(=O)c1ccco1)c1cc(-c2ccco2)n(-c2ccc(Cl)cc2)n1. The monoisotopic (exact) mass is 424 g/mol. The molecule has 0 unspecified atom stereocenters. The van der Waals surface area contributed by atoms with Crippen molar-refractivity contribution in [3.8, 4) is 17.1 Å². The van der Waals surface area contributed by atoms with Crippen LogP contribution in [0.1, 0.15) is 21.0 Å². The Labute approximate surface area is 176 Å². The van der Waals surface area contributed by atoms with Crippen molar-refractivity contribution in [1.82, 2.24) is 20.4 Å². The molecule has 2 N–H and O–H groups in total. The van der Waals surface area contributed by atoms with Crippen LogP contribution < -0.4 is 10.6 Å². The van der Waals surface area contributed by atoms with Crippen molar-refractivity contribution in [3.05, 3.63) is 83.6 Å². The van der Waals surface area contributed by atoms with Crippen LogP contribution >= 0.6 is 11.6 Å². The predicted octanol–water partition coefficient (Wildman–Crippen LogP) is 3.54. The molecule has 8 nitrogen and oxygen atoms in total. The van der Waals surface area contributed by atoms with Crippen LogP contribution in [0.2, 0.25) is 5.02 Å². The molecule has 152 valence electrons. The van der Waals surface area contributed by atoms with Crippen molar-refractivity contribution < 1.29 is 18.4 Å². The Morgan fingerprint density at radius 2 is 1.63 bits per heavy atom. The summed E-state index contributed by atoms with van der Waals surface area (Å²) in [5.41, 5.74) is 1.57. The van der Waals surface area contributed by atoms with Gasteiger partial charge in [-0.25, -0.2) is 4.68 Å². The lowest BCUT2D eigenvalue weighted by atomic mass is 10.2. The molecular formula is C21H17ClN4O4. The zero-order valence-corrected chi connectivity index (χ0v) is 16.4. The van der Waals surface area contributed by atoms with E-state index < -0.39 is 0 Å². The van der Waals surface area contributed by atoms with Crippen molar-refractivity contribution >= 4 is 23.4 Å². The summed E-state index contributed by atoms with van der Waals surface area (Å²) in [6.07, 6.45) is 2.97. The molecule has 4 rings (SSSR count). The van der Waals surface area contributed by atoms with Gasteiger partial charge >= 0.3 is 0 Å². The van der Waals surface area contributed by atoms with E-state index in [1.165, 1.54) is 6.26 Å². The van der Waals surface area contributed by atoms with Crippen molar-refractivity contribution in [1.29, 1.82) is 0 Å². The molecule has 0 fully saturated rings. The Balaban J connectivity index is 1.45. The molecule has 0 aliphatic carbocycles. The minimum absolute atomic E-state index is 0.214. The van der Waals surface area contributed by atoms with E-state index in [9.17, 15) is 9.59 Å². The Kier molecular flexibility index (Phi) is 5.67. The zero-order chi connectivity index (χ0) is 20.9. The first kappa shape index (κ1) is 19.5. The summed E-state index contributed by atoms with van der Waals surface area (Å²) in [7, 11) is 0. The first-order valence-corrected chi connectivity index (χ1v) is 9.49. The van der Waals surface area contributed by atoms with E-state index in [-0.39, 0.29) is 36.4 Å². The molecule has 1 aromatic carbocycles. The molecule has 0 radical (unpaired) electrons. The minimum atomic E-state index is -0.372. The van der Waals surface area contributed by atoms with E-state index in [1.807, 2.05) is 0 Å². The lowest BCUT2D eigenvalue weighted by Crippen LogP contribution is -2.34. The van der Waals surface area contributed by atoms with Crippen molar-refractivity contribution in [2.75, 3.05) is 13.1 Å². The average Bonchev–Trinajstić information content (AvgIpc) is 3.52. The summed E-state index contributed by atoms with van der Waals surface area (Å²) < 4.78 is 12.1. The highest BCUT2D eigenvalue weighted by Gasteiger charge is 2.18. The number of amides is 2. The number of aromatic nitrogens is 2. The molecule has 0 aliphatic heterocycles. The van der Waals surface area contributed by atoms with Crippen LogP contribution in [0.25, 0.3) is 17.1 Å². The fourth-order valence-corrected chi connectivity index (χ4v) is 2.93. The summed E-state index contributed by atoms with van der Waals surface area (Å²) in [5.74, 6) is 0.0671. The van der Waals surface area contributed by atoms with E-state index in [2.05, 4.69) is 15.7 Å². The van der Waals surface area contributed by atoms with Gasteiger partial charge in [0.1, 0.15) is 5.69 Å². The van der Waals surface area contributed by atoms with Crippen molar-refractivity contribution in [2.45, 2.75) is 0 Å². The van der Waals surface area contributed by atoms with Crippen LogP contribution in [-0.2, 0) is 0 Å². The molecule has 0 spiro atoms. The second kappa shape index (κ2) is 8.71. The van der Waals surface area contributed by atoms with Gasteiger partial charge in [0.15, 0.2) is 17.2 Å². The highest BCUT2D eigenvalue weighted by atomic mass is 35.5. The fraction of sp³-hybridized carbons (Fsp3) is 0.0952. The number of nitrogens with zero attached hydrogens (tertiary/aromatic N) is 2.